The normalized spacial score (nSPS) is 11.0. The van der Waals surface area contributed by atoms with Gasteiger partial charge in [0.05, 0.1) is 31.8 Å². The van der Waals surface area contributed by atoms with Gasteiger partial charge in [0.2, 0.25) is 0 Å². The van der Waals surface area contributed by atoms with Crippen molar-refractivity contribution in [3.05, 3.63) is 46.7 Å². The summed E-state index contributed by atoms with van der Waals surface area (Å²) in [6, 6.07) is 7.63. The molecule has 0 spiro atoms. The Morgan fingerprint density at radius 1 is 1.31 bits per heavy atom. The van der Waals surface area contributed by atoms with E-state index in [-0.39, 0.29) is 37.2 Å². The highest BCUT2D eigenvalue weighted by Crippen LogP contribution is 2.28. The van der Waals surface area contributed by atoms with Crippen molar-refractivity contribution >= 4 is 41.5 Å². The fourth-order valence-corrected chi connectivity index (χ4v) is 3.03. The summed E-state index contributed by atoms with van der Waals surface area (Å²) >= 11 is 6.08. The van der Waals surface area contributed by atoms with Crippen molar-refractivity contribution in [3.63, 3.8) is 0 Å². The van der Waals surface area contributed by atoms with Gasteiger partial charge < -0.3 is 29.4 Å². The Bertz CT molecular complexity index is 798. The highest BCUT2D eigenvalue weighted by atomic mass is 127. The van der Waals surface area contributed by atoms with Crippen LogP contribution in [-0.2, 0) is 20.1 Å². The molecular weight excluding hydrogens is 507 g/mol. The molecule has 1 heterocycles. The van der Waals surface area contributed by atoms with Crippen molar-refractivity contribution in [2.24, 2.45) is 12.0 Å². The van der Waals surface area contributed by atoms with Gasteiger partial charge in [-0.3, -0.25) is 0 Å². The Morgan fingerprint density at radius 2 is 2.07 bits per heavy atom. The molecule has 0 aliphatic heterocycles. The average molecular weight is 537 g/mol. The molecule has 2 rings (SSSR count). The third-order valence-electron chi connectivity index (χ3n) is 4.16. The van der Waals surface area contributed by atoms with E-state index in [1.54, 1.807) is 7.11 Å². The molecule has 0 saturated heterocycles. The fraction of sp³-hybridized carbons (Fsp3) is 0.450. The van der Waals surface area contributed by atoms with Gasteiger partial charge in [0, 0.05) is 32.5 Å². The van der Waals surface area contributed by atoms with E-state index in [0.29, 0.717) is 24.6 Å². The highest BCUT2D eigenvalue weighted by molar-refractivity contribution is 14.0. The molecule has 2 N–H and O–H groups in total. The zero-order valence-corrected chi connectivity index (χ0v) is 20.4. The summed E-state index contributed by atoms with van der Waals surface area (Å²) in [5, 5.41) is 13.0. The maximum Gasteiger partial charge on any atom is 0.194 e. The van der Waals surface area contributed by atoms with Gasteiger partial charge >= 0.3 is 0 Å². The number of guanidine groups is 1. The Morgan fingerprint density at radius 3 is 2.66 bits per heavy atom. The van der Waals surface area contributed by atoms with Crippen molar-refractivity contribution < 1.29 is 14.6 Å². The number of halogens is 2. The number of aryl methyl sites for hydroxylation is 1. The van der Waals surface area contributed by atoms with Gasteiger partial charge in [0.1, 0.15) is 6.61 Å². The first-order valence-corrected chi connectivity index (χ1v) is 9.57. The zero-order valence-electron chi connectivity index (χ0n) is 17.3. The van der Waals surface area contributed by atoms with Crippen LogP contribution in [0.4, 0.5) is 0 Å². The Kier molecular flexibility index (Phi) is 11.2. The van der Waals surface area contributed by atoms with Gasteiger partial charge in [-0.25, -0.2) is 4.99 Å². The van der Waals surface area contributed by atoms with E-state index < -0.39 is 0 Å². The van der Waals surface area contributed by atoms with E-state index in [1.807, 2.05) is 56.0 Å². The summed E-state index contributed by atoms with van der Waals surface area (Å²) in [5.41, 5.74) is 2.10. The first-order valence-electron chi connectivity index (χ1n) is 9.19. The second kappa shape index (κ2) is 12.8. The summed E-state index contributed by atoms with van der Waals surface area (Å²) < 4.78 is 12.9. The van der Waals surface area contributed by atoms with Crippen LogP contribution in [0.3, 0.4) is 0 Å². The summed E-state index contributed by atoms with van der Waals surface area (Å²) in [6.07, 6.45) is 1.89. The molecule has 0 amide bonds. The molecule has 2 aromatic rings. The van der Waals surface area contributed by atoms with Gasteiger partial charge in [-0.1, -0.05) is 17.7 Å². The number of benzene rings is 1. The van der Waals surface area contributed by atoms with Crippen LogP contribution in [0, 0.1) is 0 Å². The van der Waals surface area contributed by atoms with Gasteiger partial charge in [0.25, 0.3) is 0 Å². The maximum absolute atomic E-state index is 8.91. The molecule has 0 radical (unpaired) electrons. The van der Waals surface area contributed by atoms with Gasteiger partial charge in [-0.05, 0) is 30.7 Å². The number of aliphatic imine (C=N–C) groups is 1. The molecule has 0 aliphatic carbocycles. The van der Waals surface area contributed by atoms with Gasteiger partial charge in [-0.15, -0.1) is 24.0 Å². The average Bonchev–Trinajstić information content (AvgIpc) is 3.00. The smallest absolute Gasteiger partial charge is 0.194 e. The van der Waals surface area contributed by atoms with Crippen LogP contribution in [0.1, 0.15) is 18.2 Å². The number of methoxy groups -OCH3 is 1. The fourth-order valence-electron chi connectivity index (χ4n) is 2.76. The number of aromatic nitrogens is 1. The van der Waals surface area contributed by atoms with Crippen LogP contribution in [-0.4, -0.2) is 54.4 Å². The van der Waals surface area contributed by atoms with Crippen molar-refractivity contribution in [3.8, 4) is 11.5 Å². The molecule has 162 valence electrons. The van der Waals surface area contributed by atoms with Crippen LogP contribution in [0.5, 0.6) is 11.5 Å². The molecule has 0 fully saturated rings. The predicted molar refractivity (Wildman–Crippen MR) is 128 cm³/mol. The zero-order chi connectivity index (χ0) is 20.5. The minimum Gasteiger partial charge on any atom is -0.493 e. The third-order valence-corrected chi connectivity index (χ3v) is 4.37. The summed E-state index contributed by atoms with van der Waals surface area (Å²) in [5.74, 6) is 2.03. The summed E-state index contributed by atoms with van der Waals surface area (Å²) in [7, 11) is 5.57. The molecule has 29 heavy (non-hydrogen) atoms. The number of ether oxygens (including phenoxy) is 2. The molecule has 9 heteroatoms. The second-order valence-electron chi connectivity index (χ2n) is 6.34. The molecule has 0 bridgehead atoms. The minimum atomic E-state index is -0.0417. The first kappa shape index (κ1) is 25.4. The Labute approximate surface area is 194 Å². The van der Waals surface area contributed by atoms with Crippen LogP contribution < -0.4 is 14.8 Å². The van der Waals surface area contributed by atoms with E-state index in [0.717, 1.165) is 28.8 Å². The SMILES string of the molecule is CCNC(=NCc1ccc(OCCO)c(OC)c1)N(C)Cc1cc(Cl)cn1C.I. The standard InChI is InChI=1S/C20H29ClN4O3.HI/c1-5-22-20(25(3)14-17-11-16(21)13-24(17)2)23-12-15-6-7-18(28-9-8-26)19(10-15)27-4;/h6-7,10-11,13,26H,5,8-9,12,14H2,1-4H3,(H,22,23);1H. The van der Waals surface area contributed by atoms with Crippen molar-refractivity contribution in [1.29, 1.82) is 0 Å². The molecule has 0 aliphatic rings. The largest absolute Gasteiger partial charge is 0.493 e. The molecule has 0 unspecified atom stereocenters. The van der Waals surface area contributed by atoms with Crippen LogP contribution in [0.25, 0.3) is 0 Å². The maximum atomic E-state index is 8.91. The van der Waals surface area contributed by atoms with Crippen LogP contribution >= 0.6 is 35.6 Å². The lowest BCUT2D eigenvalue weighted by Gasteiger charge is -2.22. The number of aliphatic hydroxyl groups excluding tert-OH is 1. The predicted octanol–water partition coefficient (Wildman–Crippen LogP) is 3.27. The van der Waals surface area contributed by atoms with Crippen LogP contribution in [0.2, 0.25) is 5.02 Å². The van der Waals surface area contributed by atoms with Crippen molar-refractivity contribution in [1.82, 2.24) is 14.8 Å². The van der Waals surface area contributed by atoms with Crippen LogP contribution in [0.15, 0.2) is 35.5 Å². The minimum absolute atomic E-state index is 0. The summed E-state index contributed by atoms with van der Waals surface area (Å²) in [4.78, 5) is 6.80. The molecule has 7 nitrogen and oxygen atoms in total. The molecule has 1 aromatic carbocycles. The van der Waals surface area contributed by atoms with E-state index in [1.165, 1.54) is 0 Å². The van der Waals surface area contributed by atoms with E-state index >= 15 is 0 Å². The Balaban J connectivity index is 0.00000420. The van der Waals surface area contributed by atoms with E-state index in [9.17, 15) is 0 Å². The number of hydrogen-bond donors (Lipinski definition) is 2. The molecule has 0 atom stereocenters. The Hall–Kier alpha value is -1.65. The van der Waals surface area contributed by atoms with Crippen molar-refractivity contribution in [2.45, 2.75) is 20.0 Å². The lowest BCUT2D eigenvalue weighted by Crippen LogP contribution is -2.38. The van der Waals surface area contributed by atoms with Gasteiger partial charge in [-0.2, -0.15) is 0 Å². The monoisotopic (exact) mass is 536 g/mol. The topological polar surface area (TPSA) is 71.2 Å². The first-order chi connectivity index (χ1) is 13.5. The van der Waals surface area contributed by atoms with E-state index in [2.05, 4.69) is 10.2 Å². The second-order valence-corrected chi connectivity index (χ2v) is 6.78. The number of rotatable bonds is 9. The summed E-state index contributed by atoms with van der Waals surface area (Å²) in [6.45, 7) is 4.18. The lowest BCUT2D eigenvalue weighted by molar-refractivity contribution is 0.196. The molecule has 0 saturated carbocycles. The number of hydrogen-bond acceptors (Lipinski definition) is 4. The molecular formula is C20H30ClIN4O3. The van der Waals surface area contributed by atoms with Crippen molar-refractivity contribution in [2.75, 3.05) is 33.9 Å². The third kappa shape index (κ3) is 7.60. The van der Waals surface area contributed by atoms with E-state index in [4.69, 9.17) is 31.2 Å². The number of aliphatic hydroxyl groups is 1. The number of nitrogens with one attached hydrogen (secondary N) is 1. The highest BCUT2D eigenvalue weighted by Gasteiger charge is 2.11. The number of nitrogens with zero attached hydrogens (tertiary/aromatic N) is 3. The van der Waals surface area contributed by atoms with Gasteiger partial charge in [0.15, 0.2) is 17.5 Å². The lowest BCUT2D eigenvalue weighted by atomic mass is 10.2. The molecule has 1 aromatic heterocycles. The quantitative estimate of drug-likeness (QED) is 0.292.